The van der Waals surface area contributed by atoms with E-state index in [1.54, 1.807) is 17.4 Å². The lowest BCUT2D eigenvalue weighted by atomic mass is 10.3. The van der Waals surface area contributed by atoms with E-state index in [4.69, 9.17) is 16.3 Å². The number of benzene rings is 1. The van der Waals surface area contributed by atoms with E-state index >= 15 is 0 Å². The molecule has 1 N–H and O–H groups in total. The van der Waals surface area contributed by atoms with Crippen LogP contribution >= 0.6 is 22.9 Å². The highest BCUT2D eigenvalue weighted by Crippen LogP contribution is 2.21. The first kappa shape index (κ1) is 15.2. The molecule has 108 valence electrons. The molecule has 0 aliphatic rings. The number of nitrogens with one attached hydrogen (secondary N) is 1. The largest absolute Gasteiger partial charge is 0.486 e. The Balaban J connectivity index is 1.89. The molecule has 0 radical (unpaired) electrons. The van der Waals surface area contributed by atoms with Gasteiger partial charge in [0.15, 0.2) is 5.01 Å². The van der Waals surface area contributed by atoms with Crippen LogP contribution in [0.3, 0.4) is 0 Å². The smallest absolute Gasteiger partial charge is 0.155 e. The summed E-state index contributed by atoms with van der Waals surface area (Å²) in [5.74, 6) is 0.742. The van der Waals surface area contributed by atoms with Crippen molar-refractivity contribution in [1.29, 1.82) is 0 Å². The van der Waals surface area contributed by atoms with Gasteiger partial charge in [0.05, 0.1) is 6.04 Å². The van der Waals surface area contributed by atoms with Gasteiger partial charge in [0.1, 0.15) is 17.4 Å². The van der Waals surface area contributed by atoms with E-state index in [9.17, 15) is 0 Å². The van der Waals surface area contributed by atoms with E-state index in [0.29, 0.717) is 11.6 Å². The Morgan fingerprint density at radius 1 is 1.40 bits per heavy atom. The molecule has 4 nitrogen and oxygen atoms in total. The molecule has 20 heavy (non-hydrogen) atoms. The minimum atomic E-state index is 0.229. The van der Waals surface area contributed by atoms with Crippen molar-refractivity contribution in [2.75, 3.05) is 6.54 Å². The third-order valence-corrected chi connectivity index (χ3v) is 4.03. The zero-order valence-corrected chi connectivity index (χ0v) is 13.2. The van der Waals surface area contributed by atoms with Crippen molar-refractivity contribution in [3.8, 4) is 5.75 Å². The Morgan fingerprint density at radius 2 is 2.25 bits per heavy atom. The molecule has 0 saturated carbocycles. The molecule has 0 bridgehead atoms. The summed E-state index contributed by atoms with van der Waals surface area (Å²) >= 11 is 7.48. The number of hydrogen-bond donors (Lipinski definition) is 1. The third-order valence-electron chi connectivity index (χ3n) is 2.71. The predicted molar refractivity (Wildman–Crippen MR) is 82.4 cm³/mol. The Labute approximate surface area is 128 Å². The molecule has 6 heteroatoms. The maximum Gasteiger partial charge on any atom is 0.155 e. The van der Waals surface area contributed by atoms with E-state index < -0.39 is 0 Å². The maximum atomic E-state index is 5.91. The molecule has 0 aliphatic carbocycles. The fourth-order valence-corrected chi connectivity index (χ4v) is 2.61. The van der Waals surface area contributed by atoms with Gasteiger partial charge in [0.2, 0.25) is 0 Å². The first-order valence-corrected chi connectivity index (χ1v) is 7.82. The minimum Gasteiger partial charge on any atom is -0.486 e. The van der Waals surface area contributed by atoms with Gasteiger partial charge in [-0.25, -0.2) is 0 Å². The summed E-state index contributed by atoms with van der Waals surface area (Å²) in [6, 6.07) is 7.57. The number of ether oxygens (including phenoxy) is 1. The van der Waals surface area contributed by atoms with E-state index in [0.717, 1.165) is 28.7 Å². The molecular formula is C14H18ClN3OS. The van der Waals surface area contributed by atoms with Crippen molar-refractivity contribution in [2.45, 2.75) is 32.9 Å². The Morgan fingerprint density at radius 3 is 3.00 bits per heavy atom. The number of hydrogen-bond acceptors (Lipinski definition) is 5. The zero-order chi connectivity index (χ0) is 14.4. The highest BCUT2D eigenvalue weighted by atomic mass is 35.5. The van der Waals surface area contributed by atoms with Crippen LogP contribution in [0.15, 0.2) is 24.3 Å². The van der Waals surface area contributed by atoms with Crippen LogP contribution < -0.4 is 10.1 Å². The van der Waals surface area contributed by atoms with Crippen LogP contribution in [0.1, 0.15) is 36.3 Å². The summed E-state index contributed by atoms with van der Waals surface area (Å²) < 4.78 is 5.65. The van der Waals surface area contributed by atoms with Crippen molar-refractivity contribution < 1.29 is 4.74 Å². The first-order chi connectivity index (χ1) is 9.69. The lowest BCUT2D eigenvalue weighted by Crippen LogP contribution is -2.19. The van der Waals surface area contributed by atoms with Gasteiger partial charge >= 0.3 is 0 Å². The Hall–Kier alpha value is -1.17. The second-order valence-electron chi connectivity index (χ2n) is 4.46. The van der Waals surface area contributed by atoms with Crippen molar-refractivity contribution in [1.82, 2.24) is 15.5 Å². The summed E-state index contributed by atoms with van der Waals surface area (Å²) in [6.45, 7) is 5.63. The molecular weight excluding hydrogens is 294 g/mol. The fraction of sp³-hybridized carbons (Fsp3) is 0.429. The van der Waals surface area contributed by atoms with Gasteiger partial charge in [0, 0.05) is 5.02 Å². The molecule has 1 aromatic heterocycles. The molecule has 0 aliphatic heterocycles. The van der Waals surface area contributed by atoms with Gasteiger partial charge < -0.3 is 10.1 Å². The number of halogens is 1. The maximum absolute atomic E-state index is 5.91. The van der Waals surface area contributed by atoms with Crippen LogP contribution in [-0.2, 0) is 6.61 Å². The molecule has 1 unspecified atom stereocenters. The van der Waals surface area contributed by atoms with Gasteiger partial charge in [-0.2, -0.15) is 0 Å². The minimum absolute atomic E-state index is 0.229. The van der Waals surface area contributed by atoms with Crippen molar-refractivity contribution in [2.24, 2.45) is 0 Å². The molecule has 2 rings (SSSR count). The quantitative estimate of drug-likeness (QED) is 0.844. The summed E-state index contributed by atoms with van der Waals surface area (Å²) in [4.78, 5) is 0. The van der Waals surface area contributed by atoms with Crippen molar-refractivity contribution in [3.63, 3.8) is 0 Å². The Bertz CT molecular complexity index is 547. The average molecular weight is 312 g/mol. The highest BCUT2D eigenvalue weighted by molar-refractivity contribution is 7.11. The van der Waals surface area contributed by atoms with Gasteiger partial charge in [-0.1, -0.05) is 35.9 Å². The highest BCUT2D eigenvalue weighted by Gasteiger charge is 2.11. The van der Waals surface area contributed by atoms with E-state index in [1.807, 2.05) is 18.2 Å². The molecule has 0 amide bonds. The van der Waals surface area contributed by atoms with Crippen LogP contribution in [0.5, 0.6) is 5.75 Å². The van der Waals surface area contributed by atoms with E-state index in [2.05, 4.69) is 29.4 Å². The van der Waals surface area contributed by atoms with Crippen LogP contribution in [-0.4, -0.2) is 16.7 Å². The lowest BCUT2D eigenvalue weighted by molar-refractivity contribution is 0.304. The summed E-state index contributed by atoms with van der Waals surface area (Å²) in [5.41, 5.74) is 0. The van der Waals surface area contributed by atoms with Crippen LogP contribution in [0, 0.1) is 0 Å². The molecule has 0 spiro atoms. The van der Waals surface area contributed by atoms with Gasteiger partial charge in [-0.05, 0) is 38.1 Å². The number of nitrogens with zero attached hydrogens (tertiary/aromatic N) is 2. The predicted octanol–water partition coefficient (Wildman–Crippen LogP) is 3.83. The van der Waals surface area contributed by atoms with Crippen LogP contribution in [0.4, 0.5) is 0 Å². The molecule has 2 aromatic rings. The molecule has 0 saturated heterocycles. The van der Waals surface area contributed by atoms with E-state index in [1.165, 1.54) is 0 Å². The van der Waals surface area contributed by atoms with Crippen LogP contribution in [0.2, 0.25) is 5.02 Å². The van der Waals surface area contributed by atoms with Crippen LogP contribution in [0.25, 0.3) is 0 Å². The van der Waals surface area contributed by atoms with Crippen molar-refractivity contribution >= 4 is 22.9 Å². The van der Waals surface area contributed by atoms with Gasteiger partial charge in [0.25, 0.3) is 0 Å². The molecule has 0 fully saturated rings. The number of rotatable bonds is 7. The molecule has 1 aromatic carbocycles. The zero-order valence-electron chi connectivity index (χ0n) is 11.6. The summed E-state index contributed by atoms with van der Waals surface area (Å²) in [7, 11) is 0. The number of aromatic nitrogens is 2. The fourth-order valence-electron chi connectivity index (χ4n) is 1.65. The average Bonchev–Trinajstić information content (AvgIpc) is 2.91. The van der Waals surface area contributed by atoms with Gasteiger partial charge in [-0.3, -0.25) is 0 Å². The first-order valence-electron chi connectivity index (χ1n) is 6.63. The lowest BCUT2D eigenvalue weighted by Gasteiger charge is -2.08. The second-order valence-corrected chi connectivity index (χ2v) is 5.99. The monoisotopic (exact) mass is 311 g/mol. The summed E-state index contributed by atoms with van der Waals surface area (Å²) in [5, 5.41) is 14.3. The van der Waals surface area contributed by atoms with Crippen molar-refractivity contribution in [3.05, 3.63) is 39.3 Å². The standard InChI is InChI=1S/C14H18ClN3OS/c1-3-7-16-10(2)14-18-17-13(20-14)9-19-12-6-4-5-11(15)8-12/h4-6,8,10,16H,3,7,9H2,1-2H3. The van der Waals surface area contributed by atoms with E-state index in [-0.39, 0.29) is 6.04 Å². The molecule has 1 heterocycles. The Kier molecular flexibility index (Phi) is 5.76. The molecule has 1 atom stereocenters. The topological polar surface area (TPSA) is 47.0 Å². The SMILES string of the molecule is CCCNC(C)c1nnc(COc2cccc(Cl)c2)s1. The normalized spacial score (nSPS) is 12.3. The second kappa shape index (κ2) is 7.57. The third kappa shape index (κ3) is 4.44. The summed E-state index contributed by atoms with van der Waals surface area (Å²) in [6.07, 6.45) is 1.11. The van der Waals surface area contributed by atoms with Gasteiger partial charge in [-0.15, -0.1) is 10.2 Å².